The number of rotatable bonds is 5. The molecule has 2 aromatic carbocycles. The van der Waals surface area contributed by atoms with Gasteiger partial charge in [0.1, 0.15) is 0 Å². The Morgan fingerprint density at radius 2 is 1.65 bits per heavy atom. The third-order valence-corrected chi connectivity index (χ3v) is 5.99. The summed E-state index contributed by atoms with van der Waals surface area (Å²) in [5.74, 6) is 0.0863. The predicted molar refractivity (Wildman–Crippen MR) is 121 cm³/mol. The highest BCUT2D eigenvalue weighted by molar-refractivity contribution is 5.97. The number of hydrogen-bond donors (Lipinski definition) is 1. The molecule has 2 amide bonds. The van der Waals surface area contributed by atoms with Gasteiger partial charge < -0.3 is 10.2 Å². The van der Waals surface area contributed by atoms with Crippen molar-refractivity contribution in [2.24, 2.45) is 0 Å². The van der Waals surface area contributed by atoms with Gasteiger partial charge in [-0.05, 0) is 56.9 Å². The van der Waals surface area contributed by atoms with Crippen LogP contribution in [0.5, 0.6) is 0 Å². The topological polar surface area (TPSA) is 75.2 Å². The van der Waals surface area contributed by atoms with E-state index in [1.165, 1.54) is 5.56 Å². The molecule has 0 radical (unpaired) electrons. The van der Waals surface area contributed by atoms with E-state index in [0.29, 0.717) is 25.1 Å². The number of fused-ring (bicyclic) bond motifs is 1. The van der Waals surface area contributed by atoms with Crippen LogP contribution >= 0.6 is 0 Å². The van der Waals surface area contributed by atoms with Gasteiger partial charge in [0.25, 0.3) is 5.91 Å². The van der Waals surface area contributed by atoms with Gasteiger partial charge in [0, 0.05) is 31.1 Å². The average molecular weight is 417 g/mol. The van der Waals surface area contributed by atoms with Crippen molar-refractivity contribution in [3.63, 3.8) is 0 Å². The van der Waals surface area contributed by atoms with E-state index >= 15 is 0 Å². The molecule has 0 spiro atoms. The highest BCUT2D eigenvalue weighted by Gasteiger charge is 2.24. The van der Waals surface area contributed by atoms with Crippen LogP contribution in [0.4, 0.5) is 0 Å². The molecule has 31 heavy (non-hydrogen) atoms. The molecule has 1 aliphatic rings. The quantitative estimate of drug-likeness (QED) is 0.690. The van der Waals surface area contributed by atoms with Crippen LogP contribution in [0.25, 0.3) is 11.0 Å². The lowest BCUT2D eigenvalue weighted by Gasteiger charge is -2.32. The minimum atomic E-state index is -0.101. The van der Waals surface area contributed by atoms with E-state index in [4.69, 9.17) is 0 Å². The van der Waals surface area contributed by atoms with Crippen molar-refractivity contribution < 1.29 is 9.59 Å². The number of aryl methyl sites for hydroxylation is 3. The van der Waals surface area contributed by atoms with Crippen LogP contribution < -0.4 is 5.32 Å². The van der Waals surface area contributed by atoms with Crippen molar-refractivity contribution in [1.82, 2.24) is 20.2 Å². The molecule has 0 atom stereocenters. The number of carbonyl (C=O) groups is 2. The standard InChI is InChI=1S/C25H28N4O2/c1-17-18(2)27-23-16-20(9-10-22(23)26-17)25(31)28-21-12-14-29(15-13-21)24(30)11-8-19-6-4-3-5-7-19/h3-7,9-10,16,21H,8,11-15H2,1-2H3,(H,28,31). The van der Waals surface area contributed by atoms with Crippen LogP contribution in [0.3, 0.4) is 0 Å². The number of amides is 2. The molecular formula is C25H28N4O2. The monoisotopic (exact) mass is 416 g/mol. The maximum atomic E-state index is 12.7. The van der Waals surface area contributed by atoms with Gasteiger partial charge in [-0.25, -0.2) is 9.97 Å². The molecule has 4 rings (SSSR count). The number of benzene rings is 2. The van der Waals surface area contributed by atoms with E-state index in [-0.39, 0.29) is 17.9 Å². The van der Waals surface area contributed by atoms with Crippen LogP contribution in [0.1, 0.15) is 46.6 Å². The summed E-state index contributed by atoms with van der Waals surface area (Å²) in [4.78, 5) is 36.3. The van der Waals surface area contributed by atoms with Crippen molar-refractivity contribution >= 4 is 22.8 Å². The molecule has 1 aromatic heterocycles. The molecule has 0 saturated carbocycles. The summed E-state index contributed by atoms with van der Waals surface area (Å²) in [6, 6.07) is 15.6. The van der Waals surface area contributed by atoms with Gasteiger partial charge in [-0.2, -0.15) is 0 Å². The van der Waals surface area contributed by atoms with Crippen molar-refractivity contribution in [2.75, 3.05) is 13.1 Å². The predicted octanol–water partition coefficient (Wildman–Crippen LogP) is 3.60. The lowest BCUT2D eigenvalue weighted by molar-refractivity contribution is -0.132. The van der Waals surface area contributed by atoms with Crippen molar-refractivity contribution in [1.29, 1.82) is 0 Å². The van der Waals surface area contributed by atoms with E-state index in [1.807, 2.05) is 43.0 Å². The number of piperidine rings is 1. The lowest BCUT2D eigenvalue weighted by Crippen LogP contribution is -2.46. The molecule has 0 bridgehead atoms. The summed E-state index contributed by atoms with van der Waals surface area (Å²) < 4.78 is 0. The average Bonchev–Trinajstić information content (AvgIpc) is 2.79. The van der Waals surface area contributed by atoms with Gasteiger partial charge in [0.05, 0.1) is 22.4 Å². The number of aromatic nitrogens is 2. The second-order valence-corrected chi connectivity index (χ2v) is 8.21. The van der Waals surface area contributed by atoms with Crippen molar-refractivity contribution in [2.45, 2.75) is 45.6 Å². The number of carbonyl (C=O) groups excluding carboxylic acids is 2. The smallest absolute Gasteiger partial charge is 0.251 e. The van der Waals surface area contributed by atoms with Gasteiger partial charge in [0.2, 0.25) is 5.91 Å². The fourth-order valence-corrected chi connectivity index (χ4v) is 3.97. The van der Waals surface area contributed by atoms with E-state index < -0.39 is 0 Å². The zero-order chi connectivity index (χ0) is 21.8. The number of likely N-dealkylation sites (tertiary alicyclic amines) is 1. The molecule has 6 heteroatoms. The third-order valence-electron chi connectivity index (χ3n) is 5.99. The molecular weight excluding hydrogens is 388 g/mol. The maximum Gasteiger partial charge on any atom is 0.251 e. The first-order valence-corrected chi connectivity index (χ1v) is 10.9. The normalized spacial score (nSPS) is 14.6. The Morgan fingerprint density at radius 3 is 2.35 bits per heavy atom. The Labute approximate surface area is 182 Å². The number of nitrogens with one attached hydrogen (secondary N) is 1. The second-order valence-electron chi connectivity index (χ2n) is 8.21. The molecule has 2 heterocycles. The summed E-state index contributed by atoms with van der Waals surface area (Å²) in [6.07, 6.45) is 2.83. The molecule has 0 aliphatic carbocycles. The minimum absolute atomic E-state index is 0.0761. The highest BCUT2D eigenvalue weighted by atomic mass is 16.2. The van der Waals surface area contributed by atoms with Gasteiger partial charge in [-0.3, -0.25) is 9.59 Å². The molecule has 3 aromatic rings. The van der Waals surface area contributed by atoms with E-state index in [1.54, 1.807) is 12.1 Å². The Hall–Kier alpha value is -3.28. The van der Waals surface area contributed by atoms with Gasteiger partial charge in [-0.15, -0.1) is 0 Å². The summed E-state index contributed by atoms with van der Waals surface area (Å²) >= 11 is 0. The first-order chi connectivity index (χ1) is 15.0. The Morgan fingerprint density at radius 1 is 0.968 bits per heavy atom. The summed E-state index contributed by atoms with van der Waals surface area (Å²) in [6.45, 7) is 5.21. The van der Waals surface area contributed by atoms with Crippen LogP contribution in [0.2, 0.25) is 0 Å². The molecule has 160 valence electrons. The summed E-state index contributed by atoms with van der Waals surface area (Å²) in [7, 11) is 0. The van der Waals surface area contributed by atoms with Crippen LogP contribution in [0.15, 0.2) is 48.5 Å². The fourth-order valence-electron chi connectivity index (χ4n) is 3.97. The molecule has 6 nitrogen and oxygen atoms in total. The minimum Gasteiger partial charge on any atom is -0.349 e. The first-order valence-electron chi connectivity index (χ1n) is 10.9. The Balaban J connectivity index is 1.29. The van der Waals surface area contributed by atoms with E-state index in [9.17, 15) is 9.59 Å². The summed E-state index contributed by atoms with van der Waals surface area (Å²) in [5, 5.41) is 3.12. The van der Waals surface area contributed by atoms with Gasteiger partial charge >= 0.3 is 0 Å². The highest BCUT2D eigenvalue weighted by Crippen LogP contribution is 2.17. The second kappa shape index (κ2) is 9.25. The van der Waals surface area contributed by atoms with Crippen LogP contribution in [0, 0.1) is 13.8 Å². The molecule has 1 fully saturated rings. The molecule has 0 unspecified atom stereocenters. The van der Waals surface area contributed by atoms with Crippen molar-refractivity contribution in [3.8, 4) is 0 Å². The number of hydrogen-bond acceptors (Lipinski definition) is 4. The van der Waals surface area contributed by atoms with Crippen molar-refractivity contribution in [3.05, 3.63) is 71.0 Å². The van der Waals surface area contributed by atoms with E-state index in [2.05, 4.69) is 27.4 Å². The Kier molecular flexibility index (Phi) is 6.26. The zero-order valence-electron chi connectivity index (χ0n) is 18.1. The third kappa shape index (κ3) is 5.08. The van der Waals surface area contributed by atoms with Gasteiger partial charge in [-0.1, -0.05) is 30.3 Å². The van der Waals surface area contributed by atoms with Crippen LogP contribution in [-0.2, 0) is 11.2 Å². The largest absolute Gasteiger partial charge is 0.349 e. The van der Waals surface area contributed by atoms with Crippen LogP contribution in [-0.4, -0.2) is 45.8 Å². The van der Waals surface area contributed by atoms with E-state index in [0.717, 1.165) is 41.7 Å². The number of nitrogens with zero attached hydrogens (tertiary/aromatic N) is 3. The SMILES string of the molecule is Cc1nc2ccc(C(=O)NC3CCN(C(=O)CCc4ccccc4)CC3)cc2nc1C. The maximum absolute atomic E-state index is 12.7. The summed E-state index contributed by atoms with van der Waals surface area (Å²) in [5.41, 5.74) is 5.07. The first kappa shape index (κ1) is 21.0. The zero-order valence-corrected chi connectivity index (χ0v) is 18.1. The fraction of sp³-hybridized carbons (Fsp3) is 0.360. The lowest BCUT2D eigenvalue weighted by atomic mass is 10.0. The molecule has 1 aliphatic heterocycles. The molecule has 1 saturated heterocycles. The Bertz CT molecular complexity index is 1090. The van der Waals surface area contributed by atoms with Gasteiger partial charge in [0.15, 0.2) is 0 Å². The molecule has 1 N–H and O–H groups in total.